The predicted molar refractivity (Wildman–Crippen MR) is 54.8 cm³/mol. The third-order valence-electron chi connectivity index (χ3n) is 2.34. The summed E-state index contributed by atoms with van der Waals surface area (Å²) in [6, 6.07) is 0.688. The van der Waals surface area contributed by atoms with E-state index >= 15 is 0 Å². The maximum Gasteiger partial charge on any atom is 0.0794 e. The van der Waals surface area contributed by atoms with Gasteiger partial charge in [-0.1, -0.05) is 0 Å². The molecule has 1 aliphatic heterocycles. The van der Waals surface area contributed by atoms with Crippen LogP contribution >= 0.6 is 11.3 Å². The summed E-state index contributed by atoms with van der Waals surface area (Å²) in [6.45, 7) is 3.23. The van der Waals surface area contributed by atoms with Crippen molar-refractivity contribution < 1.29 is 0 Å². The highest BCUT2D eigenvalue weighted by atomic mass is 32.1. The van der Waals surface area contributed by atoms with Gasteiger partial charge >= 0.3 is 0 Å². The lowest BCUT2D eigenvalue weighted by atomic mass is 10.2. The standard InChI is InChI=1S/C9H15N3S/c1-2-8(12-3-1)4-10-5-9-6-11-7-13-9/h6-8,10,12H,1-5H2/t8-/m1/s1. The van der Waals surface area contributed by atoms with E-state index in [1.807, 2.05) is 11.7 Å². The van der Waals surface area contributed by atoms with Gasteiger partial charge < -0.3 is 10.6 Å². The Labute approximate surface area is 82.6 Å². The molecule has 0 spiro atoms. The summed E-state index contributed by atoms with van der Waals surface area (Å²) in [6.07, 6.45) is 4.57. The van der Waals surface area contributed by atoms with Gasteiger partial charge in [-0.05, 0) is 19.4 Å². The first-order chi connectivity index (χ1) is 6.45. The molecule has 72 valence electrons. The van der Waals surface area contributed by atoms with E-state index < -0.39 is 0 Å². The number of hydrogen-bond donors (Lipinski definition) is 2. The van der Waals surface area contributed by atoms with Crippen LogP contribution in [0.4, 0.5) is 0 Å². The fraction of sp³-hybridized carbons (Fsp3) is 0.667. The summed E-state index contributed by atoms with van der Waals surface area (Å²) in [5, 5.41) is 6.90. The van der Waals surface area contributed by atoms with E-state index in [1.54, 1.807) is 11.3 Å². The second-order valence-electron chi connectivity index (χ2n) is 3.39. The van der Waals surface area contributed by atoms with Crippen molar-refractivity contribution in [1.82, 2.24) is 15.6 Å². The SMILES string of the molecule is c1ncc(CNC[C@H]2CCCN2)s1. The summed E-state index contributed by atoms with van der Waals surface area (Å²) in [5.41, 5.74) is 1.88. The quantitative estimate of drug-likeness (QED) is 0.755. The highest BCUT2D eigenvalue weighted by Gasteiger charge is 2.12. The summed E-state index contributed by atoms with van der Waals surface area (Å²) >= 11 is 1.71. The van der Waals surface area contributed by atoms with E-state index in [4.69, 9.17) is 0 Å². The lowest BCUT2D eigenvalue weighted by Gasteiger charge is -2.09. The molecule has 0 saturated carbocycles. The zero-order valence-electron chi connectivity index (χ0n) is 7.62. The minimum atomic E-state index is 0.688. The molecular formula is C9H15N3S. The van der Waals surface area contributed by atoms with Gasteiger partial charge in [0.25, 0.3) is 0 Å². The molecule has 1 atom stereocenters. The smallest absolute Gasteiger partial charge is 0.0794 e. The van der Waals surface area contributed by atoms with E-state index in [9.17, 15) is 0 Å². The minimum Gasteiger partial charge on any atom is -0.313 e. The highest BCUT2D eigenvalue weighted by Crippen LogP contribution is 2.06. The predicted octanol–water partition coefficient (Wildman–Crippen LogP) is 0.985. The Bertz CT molecular complexity index is 229. The molecule has 0 aliphatic carbocycles. The first-order valence-corrected chi connectivity index (χ1v) is 5.64. The number of rotatable bonds is 4. The van der Waals surface area contributed by atoms with E-state index in [0.717, 1.165) is 13.1 Å². The van der Waals surface area contributed by atoms with Crippen molar-refractivity contribution in [3.8, 4) is 0 Å². The molecule has 4 heteroatoms. The van der Waals surface area contributed by atoms with Gasteiger partial charge in [-0.3, -0.25) is 4.98 Å². The van der Waals surface area contributed by atoms with Crippen molar-refractivity contribution in [2.24, 2.45) is 0 Å². The zero-order chi connectivity index (χ0) is 8.93. The summed E-state index contributed by atoms with van der Waals surface area (Å²) < 4.78 is 0. The molecule has 0 radical (unpaired) electrons. The van der Waals surface area contributed by atoms with Crippen LogP contribution in [-0.2, 0) is 6.54 Å². The lowest BCUT2D eigenvalue weighted by Crippen LogP contribution is -2.33. The van der Waals surface area contributed by atoms with Gasteiger partial charge in [-0.15, -0.1) is 11.3 Å². The molecule has 2 rings (SSSR count). The Morgan fingerprint density at radius 3 is 3.38 bits per heavy atom. The second kappa shape index (κ2) is 4.69. The van der Waals surface area contributed by atoms with E-state index in [1.165, 1.54) is 24.3 Å². The molecule has 2 N–H and O–H groups in total. The Hall–Kier alpha value is -0.450. The van der Waals surface area contributed by atoms with Crippen LogP contribution < -0.4 is 10.6 Å². The van der Waals surface area contributed by atoms with Crippen LogP contribution in [0.25, 0.3) is 0 Å². The average molecular weight is 197 g/mol. The van der Waals surface area contributed by atoms with Gasteiger partial charge in [-0.25, -0.2) is 0 Å². The largest absolute Gasteiger partial charge is 0.313 e. The van der Waals surface area contributed by atoms with Gasteiger partial charge in [-0.2, -0.15) is 0 Å². The molecule has 1 aromatic heterocycles. The van der Waals surface area contributed by atoms with Crippen LogP contribution in [-0.4, -0.2) is 24.1 Å². The molecule has 0 amide bonds. The molecule has 0 aromatic carbocycles. The normalized spacial score (nSPS) is 22.3. The zero-order valence-corrected chi connectivity index (χ0v) is 8.44. The average Bonchev–Trinajstić information content (AvgIpc) is 2.75. The molecule has 1 aromatic rings. The van der Waals surface area contributed by atoms with Crippen LogP contribution in [0.3, 0.4) is 0 Å². The Morgan fingerprint density at radius 2 is 2.69 bits per heavy atom. The lowest BCUT2D eigenvalue weighted by molar-refractivity contribution is 0.537. The number of hydrogen-bond acceptors (Lipinski definition) is 4. The summed E-state index contributed by atoms with van der Waals surface area (Å²) in [5.74, 6) is 0. The van der Waals surface area contributed by atoms with E-state index in [0.29, 0.717) is 6.04 Å². The van der Waals surface area contributed by atoms with Gasteiger partial charge in [0.1, 0.15) is 0 Å². The van der Waals surface area contributed by atoms with Crippen LogP contribution in [0.5, 0.6) is 0 Å². The van der Waals surface area contributed by atoms with Crippen molar-refractivity contribution in [3.05, 3.63) is 16.6 Å². The van der Waals surface area contributed by atoms with Gasteiger partial charge in [0.15, 0.2) is 0 Å². The van der Waals surface area contributed by atoms with Crippen LogP contribution in [0.15, 0.2) is 11.7 Å². The topological polar surface area (TPSA) is 37.0 Å². The Kier molecular flexibility index (Phi) is 3.29. The van der Waals surface area contributed by atoms with Gasteiger partial charge in [0.2, 0.25) is 0 Å². The van der Waals surface area contributed by atoms with Gasteiger partial charge in [0, 0.05) is 30.2 Å². The third-order valence-corrected chi connectivity index (χ3v) is 3.12. The number of nitrogens with one attached hydrogen (secondary N) is 2. The molecule has 1 fully saturated rings. The number of nitrogens with zero attached hydrogens (tertiary/aromatic N) is 1. The van der Waals surface area contributed by atoms with Crippen molar-refractivity contribution in [1.29, 1.82) is 0 Å². The highest BCUT2D eigenvalue weighted by molar-refractivity contribution is 7.09. The Morgan fingerprint density at radius 1 is 1.69 bits per heavy atom. The van der Waals surface area contributed by atoms with Crippen LogP contribution in [0, 0.1) is 0 Å². The molecule has 0 unspecified atom stereocenters. The van der Waals surface area contributed by atoms with Crippen LogP contribution in [0.1, 0.15) is 17.7 Å². The van der Waals surface area contributed by atoms with Crippen molar-refractivity contribution in [3.63, 3.8) is 0 Å². The molecule has 13 heavy (non-hydrogen) atoms. The molecular weight excluding hydrogens is 182 g/mol. The summed E-state index contributed by atoms with van der Waals surface area (Å²) in [4.78, 5) is 5.35. The first kappa shape index (κ1) is 9.12. The van der Waals surface area contributed by atoms with Gasteiger partial charge in [0.05, 0.1) is 5.51 Å². The fourth-order valence-electron chi connectivity index (χ4n) is 1.63. The fourth-order valence-corrected chi connectivity index (χ4v) is 2.19. The maximum atomic E-state index is 4.04. The molecule has 0 bridgehead atoms. The maximum absolute atomic E-state index is 4.04. The van der Waals surface area contributed by atoms with Crippen molar-refractivity contribution >= 4 is 11.3 Å². The molecule has 2 heterocycles. The van der Waals surface area contributed by atoms with Crippen molar-refractivity contribution in [2.45, 2.75) is 25.4 Å². The second-order valence-corrected chi connectivity index (χ2v) is 4.36. The number of thiazole rings is 1. The number of aromatic nitrogens is 1. The first-order valence-electron chi connectivity index (χ1n) is 4.76. The monoisotopic (exact) mass is 197 g/mol. The van der Waals surface area contributed by atoms with E-state index in [-0.39, 0.29) is 0 Å². The van der Waals surface area contributed by atoms with Crippen LogP contribution in [0.2, 0.25) is 0 Å². The minimum absolute atomic E-state index is 0.688. The van der Waals surface area contributed by atoms with E-state index in [2.05, 4.69) is 15.6 Å². The van der Waals surface area contributed by atoms with Crippen molar-refractivity contribution in [2.75, 3.05) is 13.1 Å². The molecule has 1 saturated heterocycles. The summed E-state index contributed by atoms with van der Waals surface area (Å²) in [7, 11) is 0. The Balaban J connectivity index is 1.63. The molecule has 1 aliphatic rings. The molecule has 3 nitrogen and oxygen atoms in total. The third kappa shape index (κ3) is 2.76.